The molecule has 0 fully saturated rings. The molecule has 0 saturated carbocycles. The zero-order chi connectivity index (χ0) is 23.7. The van der Waals surface area contributed by atoms with Gasteiger partial charge >= 0.3 is 0 Å². The molecule has 0 aliphatic heterocycles. The van der Waals surface area contributed by atoms with Crippen LogP contribution in [-0.2, 0) is 13.0 Å². The van der Waals surface area contributed by atoms with Gasteiger partial charge in [0.2, 0.25) is 0 Å². The summed E-state index contributed by atoms with van der Waals surface area (Å²) >= 11 is 0. The van der Waals surface area contributed by atoms with Crippen molar-refractivity contribution in [2.45, 2.75) is 19.9 Å². The Morgan fingerprint density at radius 3 is 2.38 bits per heavy atom. The van der Waals surface area contributed by atoms with Gasteiger partial charge in [0.05, 0.1) is 11.1 Å². The first-order valence-electron chi connectivity index (χ1n) is 11.0. The molecule has 0 aliphatic carbocycles. The Hall–Kier alpha value is -4.26. The predicted molar refractivity (Wildman–Crippen MR) is 129 cm³/mol. The lowest BCUT2D eigenvalue weighted by molar-refractivity contribution is 0.475. The fourth-order valence-electron chi connectivity index (χ4n) is 4.16. The van der Waals surface area contributed by atoms with Gasteiger partial charge in [0, 0.05) is 18.3 Å². The number of benzene rings is 3. The van der Waals surface area contributed by atoms with E-state index < -0.39 is 11.6 Å². The topological polar surface area (TPSA) is 63.0 Å². The van der Waals surface area contributed by atoms with Crippen molar-refractivity contribution < 1.29 is 13.9 Å². The molecule has 5 nitrogen and oxygen atoms in total. The average molecular weight is 456 g/mol. The maximum absolute atomic E-state index is 13.9. The number of phenolic OH excluding ortho intramolecular Hbond substituents is 1. The third kappa shape index (κ3) is 4.20. The van der Waals surface area contributed by atoms with Gasteiger partial charge in [0.25, 0.3) is 0 Å². The summed E-state index contributed by atoms with van der Waals surface area (Å²) in [4.78, 5) is 8.99. The Bertz CT molecular complexity index is 1460. The molecular weight excluding hydrogens is 434 g/mol. The summed E-state index contributed by atoms with van der Waals surface area (Å²) in [5, 5.41) is 13.9. The maximum Gasteiger partial charge on any atom is 0.146 e. The Morgan fingerprint density at radius 2 is 1.65 bits per heavy atom. The number of aromatic nitrogens is 3. The van der Waals surface area contributed by atoms with E-state index in [0.717, 1.165) is 40.4 Å². The molecule has 0 bridgehead atoms. The van der Waals surface area contributed by atoms with Crippen LogP contribution in [0.2, 0.25) is 0 Å². The van der Waals surface area contributed by atoms with Crippen LogP contribution in [0.15, 0.2) is 79.1 Å². The molecule has 0 atom stereocenters. The normalized spacial score (nSPS) is 11.1. The zero-order valence-electron chi connectivity index (χ0n) is 18.5. The van der Waals surface area contributed by atoms with Crippen molar-refractivity contribution in [1.29, 1.82) is 0 Å². The van der Waals surface area contributed by atoms with Crippen LogP contribution >= 0.6 is 0 Å². The number of rotatable bonds is 6. The molecule has 5 aromatic rings. The highest BCUT2D eigenvalue weighted by atomic mass is 19.1. The van der Waals surface area contributed by atoms with Crippen LogP contribution < -0.4 is 5.32 Å². The summed E-state index contributed by atoms with van der Waals surface area (Å²) in [6, 6.07) is 20.2. The lowest BCUT2D eigenvalue weighted by Crippen LogP contribution is -2.04. The minimum Gasteiger partial charge on any atom is -0.508 e. The van der Waals surface area contributed by atoms with E-state index in [9.17, 15) is 13.9 Å². The summed E-state index contributed by atoms with van der Waals surface area (Å²) in [6.45, 7) is 2.30. The lowest BCUT2D eigenvalue weighted by atomic mass is 10.1. The highest BCUT2D eigenvalue weighted by molar-refractivity contribution is 5.94. The Balaban J connectivity index is 1.67. The van der Waals surface area contributed by atoms with Crippen LogP contribution in [0, 0.1) is 11.6 Å². The van der Waals surface area contributed by atoms with Crippen LogP contribution in [0.3, 0.4) is 0 Å². The number of fused-ring (bicyclic) bond motifs is 1. The molecule has 0 saturated heterocycles. The predicted octanol–water partition coefficient (Wildman–Crippen LogP) is 6.44. The van der Waals surface area contributed by atoms with Crippen LogP contribution in [0.4, 0.5) is 20.3 Å². The zero-order valence-corrected chi connectivity index (χ0v) is 18.5. The third-order valence-corrected chi connectivity index (χ3v) is 5.77. The van der Waals surface area contributed by atoms with Crippen LogP contribution in [0.5, 0.6) is 5.75 Å². The summed E-state index contributed by atoms with van der Waals surface area (Å²) in [7, 11) is 0. The molecule has 34 heavy (non-hydrogen) atoms. The number of anilines is 2. The van der Waals surface area contributed by atoms with Crippen molar-refractivity contribution in [3.63, 3.8) is 0 Å². The second kappa shape index (κ2) is 8.94. The highest BCUT2D eigenvalue weighted by Crippen LogP contribution is 2.33. The van der Waals surface area contributed by atoms with E-state index in [2.05, 4.69) is 28.3 Å². The van der Waals surface area contributed by atoms with Gasteiger partial charge in [0.1, 0.15) is 35.2 Å². The maximum atomic E-state index is 13.9. The number of aromatic hydroxyl groups is 1. The van der Waals surface area contributed by atoms with Gasteiger partial charge in [-0.15, -0.1) is 0 Å². The second-order valence-electron chi connectivity index (χ2n) is 8.04. The first-order valence-corrected chi connectivity index (χ1v) is 11.0. The molecule has 0 spiro atoms. The molecular formula is C27H22F2N4O. The van der Waals surface area contributed by atoms with Gasteiger partial charge in [-0.2, -0.15) is 0 Å². The smallest absolute Gasteiger partial charge is 0.146 e. The van der Waals surface area contributed by atoms with Gasteiger partial charge < -0.3 is 15.0 Å². The number of para-hydroxylation sites is 1. The van der Waals surface area contributed by atoms with Gasteiger partial charge in [-0.1, -0.05) is 25.1 Å². The van der Waals surface area contributed by atoms with E-state index in [0.29, 0.717) is 17.0 Å². The molecule has 2 heterocycles. The number of nitrogens with one attached hydrogen (secondary N) is 1. The molecule has 0 amide bonds. The molecule has 7 heteroatoms. The van der Waals surface area contributed by atoms with E-state index in [-0.39, 0.29) is 12.3 Å². The number of nitrogens with zero attached hydrogens (tertiary/aromatic N) is 3. The SMILES string of the molecule is CCc1ccccc1Nc1ncnc2c1cc(-c1ccc(O)cc1)n2Cc1cc(F)cc(F)c1. The van der Waals surface area contributed by atoms with Gasteiger partial charge in [-0.05, 0) is 71.6 Å². The number of halogens is 2. The minimum absolute atomic E-state index is 0.150. The van der Waals surface area contributed by atoms with E-state index >= 15 is 0 Å². The molecule has 2 N–H and O–H groups in total. The second-order valence-corrected chi connectivity index (χ2v) is 8.04. The van der Waals surface area contributed by atoms with E-state index in [4.69, 9.17) is 0 Å². The van der Waals surface area contributed by atoms with Gasteiger partial charge in [-0.25, -0.2) is 18.7 Å². The van der Waals surface area contributed by atoms with Crippen LogP contribution in [0.25, 0.3) is 22.3 Å². The van der Waals surface area contributed by atoms with Crippen molar-refractivity contribution >= 4 is 22.5 Å². The molecule has 0 aliphatic rings. The number of aryl methyl sites for hydroxylation is 1. The largest absolute Gasteiger partial charge is 0.508 e. The third-order valence-electron chi connectivity index (χ3n) is 5.77. The fourth-order valence-corrected chi connectivity index (χ4v) is 4.16. The van der Waals surface area contributed by atoms with Gasteiger partial charge in [0.15, 0.2) is 0 Å². The molecule has 2 aromatic heterocycles. The Kier molecular flexibility index (Phi) is 5.67. The summed E-state index contributed by atoms with van der Waals surface area (Å²) in [5.41, 5.74) is 4.82. The fraction of sp³-hybridized carbons (Fsp3) is 0.111. The van der Waals surface area contributed by atoms with E-state index in [1.54, 1.807) is 24.3 Å². The highest BCUT2D eigenvalue weighted by Gasteiger charge is 2.17. The first kappa shape index (κ1) is 21.6. The first-order chi connectivity index (χ1) is 16.5. The number of hydrogen-bond donors (Lipinski definition) is 2. The van der Waals surface area contributed by atoms with Crippen molar-refractivity contribution in [3.05, 3.63) is 102 Å². The summed E-state index contributed by atoms with van der Waals surface area (Å²) < 4.78 is 29.7. The van der Waals surface area contributed by atoms with Crippen molar-refractivity contribution in [1.82, 2.24) is 14.5 Å². The quantitative estimate of drug-likeness (QED) is 0.309. The molecule has 3 aromatic carbocycles. The standard InChI is InChI=1S/C27H22F2N4O/c1-2-18-5-3-4-6-24(18)32-26-23-14-25(19-7-9-22(34)10-8-19)33(27(23)31-16-30-26)15-17-11-20(28)13-21(29)12-17/h3-14,16,34H,2,15H2,1H3,(H,30,31,32). The Morgan fingerprint density at radius 1 is 0.912 bits per heavy atom. The number of hydrogen-bond acceptors (Lipinski definition) is 4. The molecule has 170 valence electrons. The lowest BCUT2D eigenvalue weighted by Gasteiger charge is -2.12. The van der Waals surface area contributed by atoms with Crippen LogP contribution in [0.1, 0.15) is 18.1 Å². The molecule has 5 rings (SSSR count). The summed E-state index contributed by atoms with van der Waals surface area (Å²) in [5.74, 6) is -0.483. The van der Waals surface area contributed by atoms with Gasteiger partial charge in [-0.3, -0.25) is 0 Å². The number of phenols is 1. The Labute approximate surface area is 195 Å². The van der Waals surface area contributed by atoms with Crippen molar-refractivity contribution in [2.75, 3.05) is 5.32 Å². The minimum atomic E-state index is -0.634. The summed E-state index contributed by atoms with van der Waals surface area (Å²) in [6.07, 6.45) is 2.34. The molecule has 0 unspecified atom stereocenters. The van der Waals surface area contributed by atoms with Crippen molar-refractivity contribution in [2.24, 2.45) is 0 Å². The monoisotopic (exact) mass is 456 g/mol. The van der Waals surface area contributed by atoms with Crippen LogP contribution in [-0.4, -0.2) is 19.6 Å². The van der Waals surface area contributed by atoms with E-state index in [1.807, 2.05) is 28.8 Å². The average Bonchev–Trinajstić information content (AvgIpc) is 3.18. The molecule has 0 radical (unpaired) electrons. The van der Waals surface area contributed by atoms with E-state index in [1.165, 1.54) is 18.5 Å². The van der Waals surface area contributed by atoms with Crippen molar-refractivity contribution in [3.8, 4) is 17.0 Å².